The van der Waals surface area contributed by atoms with E-state index in [2.05, 4.69) is 4.74 Å². The Kier molecular flexibility index (Phi) is 5.12. The number of carbonyl (C=O) groups is 2. The van der Waals surface area contributed by atoms with Crippen LogP contribution in [0.25, 0.3) is 0 Å². The molecule has 7 heteroatoms. The summed E-state index contributed by atoms with van der Waals surface area (Å²) in [5.74, 6) is -1.99. The van der Waals surface area contributed by atoms with Crippen LogP contribution in [-0.2, 0) is 16.1 Å². The molecule has 110 valence electrons. The maximum absolute atomic E-state index is 12.4. The fourth-order valence-corrected chi connectivity index (χ4v) is 1.64. The van der Waals surface area contributed by atoms with E-state index in [9.17, 15) is 22.8 Å². The molecule has 0 saturated heterocycles. The SMILES string of the molecule is COC(=O)N(Cc1ccccc1)C(C)C(=O)C(F)(F)F. The number of nitrogens with zero attached hydrogens (tertiary/aromatic N) is 1. The van der Waals surface area contributed by atoms with Gasteiger partial charge in [-0.1, -0.05) is 30.3 Å². The molecular weight excluding hydrogens is 275 g/mol. The van der Waals surface area contributed by atoms with Crippen molar-refractivity contribution in [1.29, 1.82) is 0 Å². The van der Waals surface area contributed by atoms with Crippen molar-refractivity contribution in [2.75, 3.05) is 7.11 Å². The molecule has 0 bridgehead atoms. The van der Waals surface area contributed by atoms with Gasteiger partial charge in [-0.05, 0) is 12.5 Å². The summed E-state index contributed by atoms with van der Waals surface area (Å²) in [6.07, 6.45) is -5.98. The number of halogens is 3. The van der Waals surface area contributed by atoms with E-state index >= 15 is 0 Å². The molecule has 0 N–H and O–H groups in total. The van der Waals surface area contributed by atoms with Gasteiger partial charge in [0.25, 0.3) is 5.78 Å². The molecule has 0 aliphatic rings. The predicted molar refractivity (Wildman–Crippen MR) is 64.9 cm³/mol. The summed E-state index contributed by atoms with van der Waals surface area (Å²) in [6, 6.07) is 6.72. The standard InChI is InChI=1S/C13H14F3NO3/c1-9(11(18)13(14,15)16)17(12(19)20-2)8-10-6-4-3-5-7-10/h3-7,9H,8H2,1-2H3. The molecule has 20 heavy (non-hydrogen) atoms. The monoisotopic (exact) mass is 289 g/mol. The summed E-state index contributed by atoms with van der Waals surface area (Å²) >= 11 is 0. The highest BCUT2D eigenvalue weighted by Crippen LogP contribution is 2.22. The number of ketones is 1. The summed E-state index contributed by atoms with van der Waals surface area (Å²) in [6.45, 7) is 0.881. The first-order valence-corrected chi connectivity index (χ1v) is 5.77. The molecule has 1 aromatic carbocycles. The summed E-state index contributed by atoms with van der Waals surface area (Å²) in [5.41, 5.74) is 0.597. The van der Waals surface area contributed by atoms with Crippen molar-refractivity contribution in [2.24, 2.45) is 0 Å². The molecule has 0 aliphatic carbocycles. The average Bonchev–Trinajstić information content (AvgIpc) is 2.42. The topological polar surface area (TPSA) is 46.6 Å². The molecule has 1 amide bonds. The van der Waals surface area contributed by atoms with Gasteiger partial charge in [-0.15, -0.1) is 0 Å². The molecule has 1 atom stereocenters. The molecule has 0 heterocycles. The van der Waals surface area contributed by atoms with Crippen molar-refractivity contribution in [3.8, 4) is 0 Å². The van der Waals surface area contributed by atoms with E-state index in [0.29, 0.717) is 5.56 Å². The van der Waals surface area contributed by atoms with Crippen molar-refractivity contribution in [3.63, 3.8) is 0 Å². The molecular formula is C13H14F3NO3. The van der Waals surface area contributed by atoms with Gasteiger partial charge in [-0.25, -0.2) is 4.79 Å². The molecule has 0 radical (unpaired) electrons. The highest BCUT2D eigenvalue weighted by atomic mass is 19.4. The number of ether oxygens (including phenoxy) is 1. The van der Waals surface area contributed by atoms with Crippen LogP contribution in [0.4, 0.5) is 18.0 Å². The fraction of sp³-hybridized carbons (Fsp3) is 0.385. The molecule has 0 aliphatic heterocycles. The number of hydrogen-bond acceptors (Lipinski definition) is 3. The summed E-state index contributed by atoms with van der Waals surface area (Å²) in [5, 5.41) is 0. The Labute approximate surface area is 114 Å². The largest absolute Gasteiger partial charge is 0.453 e. The van der Waals surface area contributed by atoms with Gasteiger partial charge >= 0.3 is 12.3 Å². The number of Topliss-reactive ketones (excluding diaryl/α,β-unsaturated/α-hetero) is 1. The normalized spacial score (nSPS) is 12.7. The first-order chi connectivity index (χ1) is 9.27. The van der Waals surface area contributed by atoms with Crippen LogP contribution >= 0.6 is 0 Å². The second-order valence-corrected chi connectivity index (χ2v) is 4.12. The zero-order valence-corrected chi connectivity index (χ0v) is 11.0. The van der Waals surface area contributed by atoms with Crippen LogP contribution in [0.3, 0.4) is 0 Å². The van der Waals surface area contributed by atoms with Gasteiger partial charge < -0.3 is 4.74 Å². The highest BCUT2D eigenvalue weighted by Gasteiger charge is 2.44. The average molecular weight is 289 g/mol. The molecule has 4 nitrogen and oxygen atoms in total. The lowest BCUT2D eigenvalue weighted by molar-refractivity contribution is -0.175. The third kappa shape index (κ3) is 3.97. The maximum atomic E-state index is 12.4. The molecule has 1 aromatic rings. The molecule has 1 unspecified atom stereocenters. The van der Waals surface area contributed by atoms with Gasteiger partial charge in [0.15, 0.2) is 0 Å². The Bertz CT molecular complexity index is 473. The van der Waals surface area contributed by atoms with Gasteiger partial charge in [-0.2, -0.15) is 13.2 Å². The van der Waals surface area contributed by atoms with Crippen molar-refractivity contribution in [1.82, 2.24) is 4.90 Å². The van der Waals surface area contributed by atoms with E-state index in [0.717, 1.165) is 18.9 Å². The Balaban J connectivity index is 2.96. The minimum Gasteiger partial charge on any atom is -0.453 e. The quantitative estimate of drug-likeness (QED) is 0.856. The molecule has 0 spiro atoms. The van der Waals surface area contributed by atoms with Gasteiger partial charge in [-0.3, -0.25) is 9.69 Å². The molecule has 1 rings (SSSR count). The predicted octanol–water partition coefficient (Wildman–Crippen LogP) is 2.77. The third-order valence-electron chi connectivity index (χ3n) is 2.73. The minimum atomic E-state index is -5.00. The van der Waals surface area contributed by atoms with E-state index in [1.165, 1.54) is 0 Å². The van der Waals surface area contributed by atoms with E-state index in [4.69, 9.17) is 0 Å². The summed E-state index contributed by atoms with van der Waals surface area (Å²) in [7, 11) is 1.05. The number of carbonyl (C=O) groups excluding carboxylic acids is 2. The Morgan fingerprint density at radius 2 is 1.80 bits per heavy atom. The maximum Gasteiger partial charge on any atom is 0.452 e. The van der Waals surface area contributed by atoms with E-state index < -0.39 is 24.1 Å². The van der Waals surface area contributed by atoms with Crippen molar-refractivity contribution in [3.05, 3.63) is 35.9 Å². The number of methoxy groups -OCH3 is 1. The van der Waals surface area contributed by atoms with Gasteiger partial charge in [0.2, 0.25) is 0 Å². The van der Waals surface area contributed by atoms with E-state index in [1.807, 2.05) is 0 Å². The van der Waals surface area contributed by atoms with E-state index in [-0.39, 0.29) is 6.54 Å². The minimum absolute atomic E-state index is 0.142. The van der Waals surface area contributed by atoms with Crippen molar-refractivity contribution in [2.45, 2.75) is 25.7 Å². The summed E-state index contributed by atoms with van der Waals surface area (Å²) < 4.78 is 41.7. The summed E-state index contributed by atoms with van der Waals surface area (Å²) in [4.78, 5) is 23.6. The van der Waals surface area contributed by atoms with Crippen LogP contribution in [-0.4, -0.2) is 36.1 Å². The highest BCUT2D eigenvalue weighted by molar-refractivity contribution is 5.91. The first kappa shape index (κ1) is 16.0. The van der Waals surface area contributed by atoms with Crippen LogP contribution < -0.4 is 0 Å². The number of rotatable bonds is 4. The third-order valence-corrected chi connectivity index (χ3v) is 2.73. The van der Waals surface area contributed by atoms with Crippen LogP contribution in [0.2, 0.25) is 0 Å². The second kappa shape index (κ2) is 6.40. The molecule has 0 fully saturated rings. The zero-order valence-electron chi connectivity index (χ0n) is 11.0. The lowest BCUT2D eigenvalue weighted by atomic mass is 10.1. The molecule has 0 saturated carbocycles. The number of amides is 1. The van der Waals surface area contributed by atoms with Crippen molar-refractivity contribution >= 4 is 11.9 Å². The number of hydrogen-bond donors (Lipinski definition) is 0. The van der Waals surface area contributed by atoms with Crippen LogP contribution in [0.15, 0.2) is 30.3 Å². The fourth-order valence-electron chi connectivity index (χ4n) is 1.64. The smallest absolute Gasteiger partial charge is 0.452 e. The Hall–Kier alpha value is -2.05. The lowest BCUT2D eigenvalue weighted by Gasteiger charge is -2.27. The van der Waals surface area contributed by atoms with Crippen LogP contribution in [0, 0.1) is 0 Å². The number of alkyl halides is 3. The molecule has 0 aromatic heterocycles. The zero-order chi connectivity index (χ0) is 15.3. The second-order valence-electron chi connectivity index (χ2n) is 4.12. The van der Waals surface area contributed by atoms with Gasteiger partial charge in [0.05, 0.1) is 7.11 Å². The van der Waals surface area contributed by atoms with Crippen molar-refractivity contribution < 1.29 is 27.5 Å². The van der Waals surface area contributed by atoms with Crippen LogP contribution in [0.5, 0.6) is 0 Å². The van der Waals surface area contributed by atoms with Crippen LogP contribution in [0.1, 0.15) is 12.5 Å². The van der Waals surface area contributed by atoms with Gasteiger partial charge in [0, 0.05) is 6.54 Å². The first-order valence-electron chi connectivity index (χ1n) is 5.77. The Morgan fingerprint density at radius 1 is 1.25 bits per heavy atom. The van der Waals surface area contributed by atoms with Gasteiger partial charge in [0.1, 0.15) is 6.04 Å². The Morgan fingerprint density at radius 3 is 2.25 bits per heavy atom. The number of benzene rings is 1. The lowest BCUT2D eigenvalue weighted by Crippen LogP contribution is -2.47. The van der Waals surface area contributed by atoms with E-state index in [1.54, 1.807) is 30.3 Å².